The lowest BCUT2D eigenvalue weighted by Gasteiger charge is -2.45. The molecule has 3 aliphatic rings. The van der Waals surface area contributed by atoms with Crippen molar-refractivity contribution >= 4 is 11.4 Å². The highest BCUT2D eigenvalue weighted by Crippen LogP contribution is 2.60. The zero-order valence-electron chi connectivity index (χ0n) is 26.7. The molecule has 0 amide bonds. The molecule has 1 saturated carbocycles. The van der Waals surface area contributed by atoms with Crippen LogP contribution in [0, 0.1) is 5.92 Å². The molecule has 6 aromatic carbocycles. The minimum Gasteiger partial charge on any atom is -0.335 e. The van der Waals surface area contributed by atoms with Gasteiger partial charge in [-0.2, -0.15) is 0 Å². The van der Waals surface area contributed by atoms with E-state index in [2.05, 4.69) is 170 Å². The standard InChI is InChI=1S/C45H39N/c1-31-26-27-44(2)41(28-31)39-29-32(23-25-43(39)46(44)36-18-10-5-11-19-36)33-22-24-38-37-20-12-13-21-40(37)45(42(38)30-33,34-14-6-3-7-15-34)35-16-8-4-9-17-35/h3-25,29-31,41H,26-28H2,1-2H3. The molecular weight excluding hydrogens is 555 g/mol. The Bertz CT molecular complexity index is 2020. The summed E-state index contributed by atoms with van der Waals surface area (Å²) in [6, 6.07) is 56.9. The van der Waals surface area contributed by atoms with Crippen molar-refractivity contribution in [1.29, 1.82) is 0 Å². The first-order chi connectivity index (χ1) is 22.6. The lowest BCUT2D eigenvalue weighted by Crippen LogP contribution is -2.46. The molecule has 224 valence electrons. The van der Waals surface area contributed by atoms with Crippen LogP contribution in [0.3, 0.4) is 0 Å². The van der Waals surface area contributed by atoms with Gasteiger partial charge in [-0.3, -0.25) is 0 Å². The van der Waals surface area contributed by atoms with Crippen LogP contribution >= 0.6 is 0 Å². The average molecular weight is 594 g/mol. The normalized spacial score (nSPS) is 22.1. The first-order valence-electron chi connectivity index (χ1n) is 16.9. The van der Waals surface area contributed by atoms with Crippen molar-refractivity contribution in [1.82, 2.24) is 0 Å². The van der Waals surface area contributed by atoms with Crippen LogP contribution in [-0.2, 0) is 5.41 Å². The fourth-order valence-corrected chi connectivity index (χ4v) is 9.34. The lowest BCUT2D eigenvalue weighted by molar-refractivity contribution is 0.237. The van der Waals surface area contributed by atoms with E-state index in [9.17, 15) is 0 Å². The topological polar surface area (TPSA) is 3.24 Å². The summed E-state index contributed by atoms with van der Waals surface area (Å²) < 4.78 is 0. The maximum absolute atomic E-state index is 2.66. The molecule has 1 fully saturated rings. The monoisotopic (exact) mass is 593 g/mol. The molecule has 0 spiro atoms. The minimum absolute atomic E-state index is 0.0875. The van der Waals surface area contributed by atoms with Crippen LogP contribution in [-0.4, -0.2) is 5.54 Å². The summed E-state index contributed by atoms with van der Waals surface area (Å²) in [7, 11) is 0. The molecule has 0 radical (unpaired) electrons. The van der Waals surface area contributed by atoms with Crippen LogP contribution in [0.4, 0.5) is 11.4 Å². The van der Waals surface area contributed by atoms with Crippen LogP contribution in [0.25, 0.3) is 22.3 Å². The van der Waals surface area contributed by atoms with E-state index in [-0.39, 0.29) is 11.0 Å². The van der Waals surface area contributed by atoms with Gasteiger partial charge < -0.3 is 4.90 Å². The molecule has 1 aliphatic heterocycles. The largest absolute Gasteiger partial charge is 0.335 e. The van der Waals surface area contributed by atoms with Crippen LogP contribution in [0.2, 0.25) is 0 Å². The predicted octanol–water partition coefficient (Wildman–Crippen LogP) is 11.5. The summed E-state index contributed by atoms with van der Waals surface area (Å²) in [5.74, 6) is 1.25. The Morgan fingerprint density at radius 3 is 1.89 bits per heavy atom. The van der Waals surface area contributed by atoms with E-state index in [1.54, 1.807) is 0 Å². The third-order valence-electron chi connectivity index (χ3n) is 11.5. The van der Waals surface area contributed by atoms with Crippen molar-refractivity contribution in [2.45, 2.75) is 50.0 Å². The second kappa shape index (κ2) is 10.3. The molecule has 2 aliphatic carbocycles. The van der Waals surface area contributed by atoms with Gasteiger partial charge in [0.15, 0.2) is 0 Å². The smallest absolute Gasteiger partial charge is 0.0713 e. The van der Waals surface area contributed by atoms with Crippen LogP contribution in [0.1, 0.15) is 66.8 Å². The van der Waals surface area contributed by atoms with E-state index in [1.165, 1.54) is 80.7 Å². The van der Waals surface area contributed by atoms with Crippen molar-refractivity contribution in [3.63, 3.8) is 0 Å². The number of anilines is 2. The second-order valence-corrected chi connectivity index (χ2v) is 14.0. The highest BCUT2D eigenvalue weighted by atomic mass is 15.2. The van der Waals surface area contributed by atoms with Crippen molar-refractivity contribution in [3.05, 3.63) is 179 Å². The molecule has 1 heterocycles. The highest BCUT2D eigenvalue weighted by Gasteiger charge is 2.51. The Balaban J connectivity index is 1.25. The van der Waals surface area contributed by atoms with Gasteiger partial charge in [-0.15, -0.1) is 0 Å². The number of hydrogen-bond donors (Lipinski definition) is 0. The van der Waals surface area contributed by atoms with Crippen molar-refractivity contribution in [3.8, 4) is 22.3 Å². The molecule has 3 unspecified atom stereocenters. The van der Waals surface area contributed by atoms with Crippen molar-refractivity contribution in [2.75, 3.05) is 4.90 Å². The first kappa shape index (κ1) is 27.4. The molecule has 0 saturated heterocycles. The first-order valence-corrected chi connectivity index (χ1v) is 16.9. The number of fused-ring (bicyclic) bond motifs is 6. The van der Waals surface area contributed by atoms with E-state index in [0.29, 0.717) is 5.92 Å². The predicted molar refractivity (Wildman–Crippen MR) is 192 cm³/mol. The maximum atomic E-state index is 2.66. The van der Waals surface area contributed by atoms with Gasteiger partial charge in [-0.1, -0.05) is 128 Å². The van der Waals surface area contributed by atoms with Crippen LogP contribution < -0.4 is 4.90 Å². The lowest BCUT2D eigenvalue weighted by atomic mass is 9.67. The number of benzene rings is 6. The maximum Gasteiger partial charge on any atom is 0.0713 e. The van der Waals surface area contributed by atoms with Gasteiger partial charge in [0.2, 0.25) is 0 Å². The zero-order valence-corrected chi connectivity index (χ0v) is 26.7. The van der Waals surface area contributed by atoms with E-state index in [4.69, 9.17) is 0 Å². The van der Waals surface area contributed by atoms with Gasteiger partial charge in [0.05, 0.1) is 5.41 Å². The fourth-order valence-electron chi connectivity index (χ4n) is 9.34. The summed E-state index contributed by atoms with van der Waals surface area (Å²) >= 11 is 0. The van der Waals surface area contributed by atoms with Crippen LogP contribution in [0.15, 0.2) is 152 Å². The Labute approximate surface area is 273 Å². The molecular formula is C45H39N. The molecule has 46 heavy (non-hydrogen) atoms. The van der Waals surface area contributed by atoms with Gasteiger partial charge in [-0.05, 0) is 113 Å². The Hall–Kier alpha value is -4.88. The number of rotatable bonds is 4. The second-order valence-electron chi connectivity index (χ2n) is 14.0. The quantitative estimate of drug-likeness (QED) is 0.196. The summed E-state index contributed by atoms with van der Waals surface area (Å²) in [6.45, 7) is 4.95. The average Bonchev–Trinajstić information content (AvgIpc) is 3.55. The van der Waals surface area contributed by atoms with E-state index < -0.39 is 0 Å². The Morgan fingerprint density at radius 2 is 1.17 bits per heavy atom. The van der Waals surface area contributed by atoms with Gasteiger partial charge in [0.1, 0.15) is 0 Å². The third-order valence-corrected chi connectivity index (χ3v) is 11.5. The number of hydrogen-bond acceptors (Lipinski definition) is 1. The van der Waals surface area contributed by atoms with Gasteiger partial charge in [-0.25, -0.2) is 0 Å². The zero-order chi connectivity index (χ0) is 30.9. The summed E-state index contributed by atoms with van der Waals surface area (Å²) in [6.07, 6.45) is 3.73. The molecule has 0 aromatic heterocycles. The molecule has 3 atom stereocenters. The number of nitrogens with zero attached hydrogens (tertiary/aromatic N) is 1. The highest BCUT2D eigenvalue weighted by molar-refractivity contribution is 5.89. The Kier molecular flexibility index (Phi) is 6.16. The van der Waals surface area contributed by atoms with E-state index in [0.717, 1.165) is 5.92 Å². The molecule has 0 N–H and O–H groups in total. The molecule has 0 bridgehead atoms. The van der Waals surface area contributed by atoms with Crippen LogP contribution in [0.5, 0.6) is 0 Å². The van der Waals surface area contributed by atoms with E-state index in [1.807, 2.05) is 0 Å². The molecule has 6 aromatic rings. The van der Waals surface area contributed by atoms with Gasteiger partial charge in [0.25, 0.3) is 0 Å². The van der Waals surface area contributed by atoms with Crippen molar-refractivity contribution in [2.24, 2.45) is 5.92 Å². The van der Waals surface area contributed by atoms with Gasteiger partial charge in [0, 0.05) is 22.8 Å². The Morgan fingerprint density at radius 1 is 0.587 bits per heavy atom. The fraction of sp³-hybridized carbons (Fsp3) is 0.200. The summed E-state index contributed by atoms with van der Waals surface area (Å²) in [5, 5.41) is 0. The summed E-state index contributed by atoms with van der Waals surface area (Å²) in [4.78, 5) is 2.66. The van der Waals surface area contributed by atoms with E-state index >= 15 is 0 Å². The molecule has 1 nitrogen and oxygen atoms in total. The SMILES string of the molecule is CC1CCC2(C)C(C1)c1cc(-c3ccc4c(c3)C(c3ccccc3)(c3ccccc3)c3ccccc3-4)ccc1N2c1ccccc1. The molecule has 1 heteroatoms. The molecule has 9 rings (SSSR count). The van der Waals surface area contributed by atoms with Gasteiger partial charge >= 0.3 is 0 Å². The minimum atomic E-state index is -0.386. The third kappa shape index (κ3) is 3.81. The number of para-hydroxylation sites is 1. The summed E-state index contributed by atoms with van der Waals surface area (Å²) in [5.41, 5.74) is 14.5. The van der Waals surface area contributed by atoms with Crippen molar-refractivity contribution < 1.29 is 0 Å².